The van der Waals surface area contributed by atoms with Crippen molar-refractivity contribution < 1.29 is 13.5 Å². The molecule has 0 aliphatic carbocycles. The van der Waals surface area contributed by atoms with Gasteiger partial charge < -0.3 is 5.11 Å². The van der Waals surface area contributed by atoms with Crippen molar-refractivity contribution in [3.63, 3.8) is 0 Å². The molecule has 1 rings (SSSR count). The maximum Gasteiger partial charge on any atom is 0.297 e. The summed E-state index contributed by atoms with van der Waals surface area (Å²) >= 11 is 0. The Morgan fingerprint density at radius 2 is 2.25 bits per heavy atom. The molecule has 0 spiro atoms. The van der Waals surface area contributed by atoms with Crippen LogP contribution in [0.1, 0.15) is 12.1 Å². The predicted octanol–water partition coefficient (Wildman–Crippen LogP) is -0.569. The molecular formula is C9H11N3O3S. The SMILES string of the molecule is NS(=O)(=O)Nc1cccc(C#CCCO)n1. The summed E-state index contributed by atoms with van der Waals surface area (Å²) in [5, 5.41) is 13.3. The van der Waals surface area contributed by atoms with Gasteiger partial charge >= 0.3 is 0 Å². The molecule has 0 atom stereocenters. The molecule has 0 amide bonds. The van der Waals surface area contributed by atoms with E-state index in [4.69, 9.17) is 10.2 Å². The zero-order valence-corrected chi connectivity index (χ0v) is 9.16. The van der Waals surface area contributed by atoms with Gasteiger partial charge in [0.25, 0.3) is 10.2 Å². The van der Waals surface area contributed by atoms with E-state index in [1.807, 2.05) is 4.72 Å². The van der Waals surface area contributed by atoms with Gasteiger partial charge in [0.2, 0.25) is 0 Å². The average molecular weight is 241 g/mol. The number of nitrogens with two attached hydrogens (primary N) is 1. The van der Waals surface area contributed by atoms with Gasteiger partial charge in [-0.2, -0.15) is 8.42 Å². The summed E-state index contributed by atoms with van der Waals surface area (Å²) < 4.78 is 23.5. The molecule has 0 fully saturated rings. The highest BCUT2D eigenvalue weighted by molar-refractivity contribution is 7.90. The first-order chi connectivity index (χ1) is 7.51. The molecule has 16 heavy (non-hydrogen) atoms. The van der Waals surface area contributed by atoms with Crippen LogP contribution in [0.25, 0.3) is 0 Å². The molecule has 7 heteroatoms. The van der Waals surface area contributed by atoms with Crippen molar-refractivity contribution >= 4 is 16.0 Å². The lowest BCUT2D eigenvalue weighted by molar-refractivity contribution is 0.305. The van der Waals surface area contributed by atoms with E-state index in [0.717, 1.165) is 0 Å². The monoisotopic (exact) mass is 241 g/mol. The Kier molecular flexibility index (Phi) is 4.25. The smallest absolute Gasteiger partial charge is 0.297 e. The summed E-state index contributed by atoms with van der Waals surface area (Å²) in [4.78, 5) is 3.90. The Morgan fingerprint density at radius 3 is 2.88 bits per heavy atom. The highest BCUT2D eigenvalue weighted by Crippen LogP contribution is 2.04. The van der Waals surface area contributed by atoms with Crippen LogP contribution in [0.15, 0.2) is 18.2 Å². The Labute approximate surface area is 93.7 Å². The third-order valence-electron chi connectivity index (χ3n) is 1.45. The summed E-state index contributed by atoms with van der Waals surface area (Å²) in [6.07, 6.45) is 0.342. The minimum absolute atomic E-state index is 0.0257. The molecular weight excluding hydrogens is 230 g/mol. The Morgan fingerprint density at radius 1 is 1.50 bits per heavy atom. The lowest BCUT2D eigenvalue weighted by Gasteiger charge is -2.01. The first-order valence-corrected chi connectivity index (χ1v) is 5.93. The van der Waals surface area contributed by atoms with E-state index in [2.05, 4.69) is 16.8 Å². The number of nitrogens with one attached hydrogen (secondary N) is 1. The molecule has 0 aromatic carbocycles. The molecule has 1 aromatic rings. The third kappa shape index (κ3) is 4.75. The Balaban J connectivity index is 2.84. The highest BCUT2D eigenvalue weighted by atomic mass is 32.2. The molecule has 4 N–H and O–H groups in total. The molecule has 0 aliphatic rings. The maximum atomic E-state index is 10.7. The second-order valence-electron chi connectivity index (χ2n) is 2.83. The summed E-state index contributed by atoms with van der Waals surface area (Å²) in [6, 6.07) is 4.68. The first kappa shape index (κ1) is 12.4. The van der Waals surface area contributed by atoms with E-state index in [0.29, 0.717) is 12.1 Å². The van der Waals surface area contributed by atoms with Crippen molar-refractivity contribution in [2.24, 2.45) is 5.14 Å². The number of hydrogen-bond acceptors (Lipinski definition) is 4. The standard InChI is InChI=1S/C9H11N3O3S/c10-16(14,15)12-9-6-3-5-8(11-9)4-1-2-7-13/h3,5-6,13H,2,7H2,(H,11,12)(H2,10,14,15). The Hall–Kier alpha value is -1.62. The van der Waals surface area contributed by atoms with Gasteiger partial charge in [0, 0.05) is 6.42 Å². The summed E-state index contributed by atoms with van der Waals surface area (Å²) in [7, 11) is -3.82. The van der Waals surface area contributed by atoms with Crippen LogP contribution in [0.2, 0.25) is 0 Å². The lowest BCUT2D eigenvalue weighted by Crippen LogP contribution is -2.22. The number of rotatable bonds is 3. The minimum atomic E-state index is -3.82. The van der Waals surface area contributed by atoms with Gasteiger partial charge in [-0.25, -0.2) is 10.1 Å². The van der Waals surface area contributed by atoms with Crippen LogP contribution in [-0.4, -0.2) is 25.1 Å². The minimum Gasteiger partial charge on any atom is -0.395 e. The second kappa shape index (κ2) is 5.46. The lowest BCUT2D eigenvalue weighted by atomic mass is 10.3. The number of aliphatic hydroxyl groups excluding tert-OH is 1. The normalized spacial score (nSPS) is 10.4. The van der Waals surface area contributed by atoms with E-state index in [1.165, 1.54) is 6.07 Å². The van der Waals surface area contributed by atoms with Crippen molar-refractivity contribution in [1.82, 2.24) is 4.98 Å². The zero-order valence-electron chi connectivity index (χ0n) is 8.34. The van der Waals surface area contributed by atoms with Crippen LogP contribution in [0, 0.1) is 11.8 Å². The zero-order chi connectivity index (χ0) is 12.0. The number of hydrogen-bond donors (Lipinski definition) is 3. The van der Waals surface area contributed by atoms with Crippen molar-refractivity contribution in [3.05, 3.63) is 23.9 Å². The van der Waals surface area contributed by atoms with E-state index in [9.17, 15) is 8.42 Å². The van der Waals surface area contributed by atoms with Gasteiger partial charge in [-0.1, -0.05) is 12.0 Å². The van der Waals surface area contributed by atoms with Gasteiger partial charge in [0.1, 0.15) is 11.5 Å². The van der Waals surface area contributed by atoms with Crippen molar-refractivity contribution in [2.45, 2.75) is 6.42 Å². The van der Waals surface area contributed by atoms with Crippen molar-refractivity contribution in [3.8, 4) is 11.8 Å². The fraction of sp³-hybridized carbons (Fsp3) is 0.222. The Bertz CT molecular complexity index is 516. The van der Waals surface area contributed by atoms with Crippen LogP contribution in [-0.2, 0) is 10.2 Å². The van der Waals surface area contributed by atoms with Crippen LogP contribution in [0.3, 0.4) is 0 Å². The molecule has 0 unspecified atom stereocenters. The molecule has 0 saturated heterocycles. The molecule has 0 radical (unpaired) electrons. The van der Waals surface area contributed by atoms with Crippen LogP contribution >= 0.6 is 0 Å². The number of nitrogens with zero attached hydrogens (tertiary/aromatic N) is 1. The van der Waals surface area contributed by atoms with E-state index < -0.39 is 10.2 Å². The second-order valence-corrected chi connectivity index (χ2v) is 4.12. The molecule has 0 aliphatic heterocycles. The van der Waals surface area contributed by atoms with Crippen LogP contribution in [0.5, 0.6) is 0 Å². The quantitative estimate of drug-likeness (QED) is 0.616. The molecule has 0 saturated carbocycles. The summed E-state index contributed by atoms with van der Waals surface area (Å²) in [6.45, 7) is -0.0257. The molecule has 1 heterocycles. The topological polar surface area (TPSA) is 105 Å². The molecule has 86 valence electrons. The predicted molar refractivity (Wildman–Crippen MR) is 59.5 cm³/mol. The average Bonchev–Trinajstić information content (AvgIpc) is 2.16. The van der Waals surface area contributed by atoms with Crippen molar-refractivity contribution in [2.75, 3.05) is 11.3 Å². The van der Waals surface area contributed by atoms with Gasteiger partial charge in [-0.05, 0) is 18.1 Å². The fourth-order valence-electron chi connectivity index (χ4n) is 0.916. The number of aliphatic hydroxyl groups is 1. The number of aromatic nitrogens is 1. The van der Waals surface area contributed by atoms with Gasteiger partial charge in [-0.3, -0.25) is 4.72 Å². The van der Waals surface area contributed by atoms with E-state index in [-0.39, 0.29) is 12.4 Å². The van der Waals surface area contributed by atoms with Crippen LogP contribution < -0.4 is 9.86 Å². The number of pyridine rings is 1. The maximum absolute atomic E-state index is 10.7. The van der Waals surface area contributed by atoms with Gasteiger partial charge in [0.15, 0.2) is 0 Å². The first-order valence-electron chi connectivity index (χ1n) is 4.38. The third-order valence-corrected chi connectivity index (χ3v) is 1.94. The molecule has 1 aromatic heterocycles. The van der Waals surface area contributed by atoms with E-state index >= 15 is 0 Å². The van der Waals surface area contributed by atoms with Gasteiger partial charge in [0.05, 0.1) is 6.61 Å². The molecule has 0 bridgehead atoms. The van der Waals surface area contributed by atoms with E-state index in [1.54, 1.807) is 12.1 Å². The van der Waals surface area contributed by atoms with Crippen molar-refractivity contribution in [1.29, 1.82) is 0 Å². The fourth-order valence-corrected chi connectivity index (χ4v) is 1.32. The van der Waals surface area contributed by atoms with Gasteiger partial charge in [-0.15, -0.1) is 0 Å². The summed E-state index contributed by atoms with van der Waals surface area (Å²) in [5.41, 5.74) is 0.405. The van der Waals surface area contributed by atoms with Crippen LogP contribution in [0.4, 0.5) is 5.82 Å². The largest absolute Gasteiger partial charge is 0.395 e. The molecule has 6 nitrogen and oxygen atoms in total. The number of anilines is 1. The summed E-state index contributed by atoms with van der Waals surface area (Å²) in [5.74, 6) is 5.45. The highest BCUT2D eigenvalue weighted by Gasteiger charge is 2.02.